The van der Waals surface area contributed by atoms with E-state index in [1.165, 1.54) is 25.3 Å². The van der Waals surface area contributed by atoms with Crippen LogP contribution in [0.4, 0.5) is 4.39 Å². The normalized spacial score (nSPS) is 23.1. The molecule has 1 fully saturated rings. The van der Waals surface area contributed by atoms with Crippen molar-refractivity contribution in [1.82, 2.24) is 0 Å². The molecule has 0 bridgehead atoms. The van der Waals surface area contributed by atoms with Crippen LogP contribution in [0.15, 0.2) is 18.2 Å². The zero-order valence-corrected chi connectivity index (χ0v) is 12.0. The van der Waals surface area contributed by atoms with E-state index in [9.17, 15) is 4.39 Å². The molecule has 0 spiro atoms. The second-order valence-corrected chi connectivity index (χ2v) is 5.59. The van der Waals surface area contributed by atoms with Crippen molar-refractivity contribution in [2.75, 3.05) is 0 Å². The summed E-state index contributed by atoms with van der Waals surface area (Å²) < 4.78 is 19.6. The third-order valence-electron chi connectivity index (χ3n) is 3.89. The van der Waals surface area contributed by atoms with Crippen molar-refractivity contribution in [2.24, 2.45) is 11.7 Å². The summed E-state index contributed by atoms with van der Waals surface area (Å²) in [5.41, 5.74) is 5.81. The number of nitrogens with two attached hydrogens (primary N) is 1. The van der Waals surface area contributed by atoms with E-state index in [1.807, 2.05) is 0 Å². The van der Waals surface area contributed by atoms with Crippen molar-refractivity contribution in [2.45, 2.75) is 45.1 Å². The van der Waals surface area contributed by atoms with E-state index < -0.39 is 5.82 Å². The zero-order valence-electron chi connectivity index (χ0n) is 11.2. The van der Waals surface area contributed by atoms with Crippen LogP contribution in [0.1, 0.15) is 44.6 Å². The molecule has 4 heteroatoms. The average molecular weight is 281 g/mol. The van der Waals surface area contributed by atoms with Crippen LogP contribution in [0.3, 0.4) is 0 Å². The molecule has 1 aromatic carbocycles. The second kappa shape index (κ2) is 6.33. The average Bonchev–Trinajstić information content (AvgIpc) is 2.39. The molecule has 0 radical (unpaired) electrons. The fraction of sp³-hybridized carbons (Fsp3) is 0.533. The van der Waals surface area contributed by atoms with E-state index in [4.69, 9.17) is 22.7 Å². The molecule has 19 heavy (non-hydrogen) atoms. The van der Waals surface area contributed by atoms with Crippen LogP contribution in [0.2, 0.25) is 0 Å². The summed E-state index contributed by atoms with van der Waals surface area (Å²) in [7, 11) is 0. The standard InChI is InChI=1S/C15H20FNOS/c1-2-10-6-8-11(9-7-10)18-13-5-3-4-12(16)14(13)15(17)19/h3-5,10-11H,2,6-9H2,1H3,(H2,17,19). The number of halogens is 1. The highest BCUT2D eigenvalue weighted by Crippen LogP contribution is 2.31. The lowest BCUT2D eigenvalue weighted by atomic mass is 9.86. The molecule has 2 N–H and O–H groups in total. The molecule has 0 aromatic heterocycles. The summed E-state index contributed by atoms with van der Waals surface area (Å²) in [4.78, 5) is 0.0512. The van der Waals surface area contributed by atoms with Crippen LogP contribution in [-0.4, -0.2) is 11.1 Å². The molecule has 2 nitrogen and oxygen atoms in total. The van der Waals surface area contributed by atoms with Gasteiger partial charge in [0.2, 0.25) is 0 Å². The van der Waals surface area contributed by atoms with Gasteiger partial charge in [-0.25, -0.2) is 4.39 Å². The molecule has 0 aliphatic heterocycles. The van der Waals surface area contributed by atoms with Crippen molar-refractivity contribution in [1.29, 1.82) is 0 Å². The molecule has 0 atom stereocenters. The zero-order chi connectivity index (χ0) is 13.8. The quantitative estimate of drug-likeness (QED) is 0.852. The molecule has 2 rings (SSSR count). The molecule has 0 heterocycles. The van der Waals surface area contributed by atoms with Gasteiger partial charge < -0.3 is 10.5 Å². The fourth-order valence-electron chi connectivity index (χ4n) is 2.68. The second-order valence-electron chi connectivity index (χ2n) is 5.15. The molecular formula is C15H20FNOS. The lowest BCUT2D eigenvalue weighted by Gasteiger charge is -2.29. The van der Waals surface area contributed by atoms with Gasteiger partial charge in [-0.15, -0.1) is 0 Å². The van der Waals surface area contributed by atoms with Crippen molar-refractivity contribution in [3.63, 3.8) is 0 Å². The molecule has 1 aromatic rings. The summed E-state index contributed by atoms with van der Waals surface area (Å²) in [5, 5.41) is 0. The molecule has 1 aliphatic carbocycles. The smallest absolute Gasteiger partial charge is 0.137 e. The minimum Gasteiger partial charge on any atom is -0.490 e. The number of benzene rings is 1. The van der Waals surface area contributed by atoms with Crippen LogP contribution in [0.5, 0.6) is 5.75 Å². The number of thiocarbonyl (C=S) groups is 1. The highest BCUT2D eigenvalue weighted by Gasteiger charge is 2.23. The van der Waals surface area contributed by atoms with Gasteiger partial charge in [0.25, 0.3) is 0 Å². The SMILES string of the molecule is CCC1CCC(Oc2cccc(F)c2C(N)=S)CC1. The van der Waals surface area contributed by atoms with E-state index in [0.29, 0.717) is 5.75 Å². The summed E-state index contributed by atoms with van der Waals surface area (Å²) in [5.74, 6) is 0.877. The number of hydrogen-bond acceptors (Lipinski definition) is 2. The minimum absolute atomic E-state index is 0.0512. The van der Waals surface area contributed by atoms with Crippen LogP contribution in [-0.2, 0) is 0 Å². The van der Waals surface area contributed by atoms with Gasteiger partial charge in [0.05, 0.1) is 11.7 Å². The van der Waals surface area contributed by atoms with E-state index >= 15 is 0 Å². The topological polar surface area (TPSA) is 35.2 Å². The molecule has 0 saturated heterocycles. The number of rotatable bonds is 4. The predicted octanol–water partition coefficient (Wildman–Crippen LogP) is 3.81. The molecular weight excluding hydrogens is 261 g/mol. The van der Waals surface area contributed by atoms with Gasteiger partial charge in [-0.05, 0) is 43.7 Å². The highest BCUT2D eigenvalue weighted by atomic mass is 32.1. The Hall–Kier alpha value is -1.16. The van der Waals surface area contributed by atoms with Gasteiger partial charge >= 0.3 is 0 Å². The largest absolute Gasteiger partial charge is 0.490 e. The van der Waals surface area contributed by atoms with Gasteiger partial charge in [-0.2, -0.15) is 0 Å². The van der Waals surface area contributed by atoms with Crippen molar-refractivity contribution in [3.8, 4) is 5.75 Å². The van der Waals surface area contributed by atoms with Crippen LogP contribution < -0.4 is 10.5 Å². The summed E-state index contributed by atoms with van der Waals surface area (Å²) >= 11 is 4.90. The lowest BCUT2D eigenvalue weighted by molar-refractivity contribution is 0.129. The maximum Gasteiger partial charge on any atom is 0.137 e. The van der Waals surface area contributed by atoms with E-state index in [0.717, 1.165) is 18.8 Å². The van der Waals surface area contributed by atoms with Gasteiger partial charge in [0, 0.05) is 0 Å². The molecule has 1 saturated carbocycles. The lowest BCUT2D eigenvalue weighted by Crippen LogP contribution is -2.25. The Balaban J connectivity index is 2.08. The first-order valence-electron chi connectivity index (χ1n) is 6.86. The monoisotopic (exact) mass is 281 g/mol. The van der Waals surface area contributed by atoms with Crippen molar-refractivity contribution < 1.29 is 9.13 Å². The maximum atomic E-state index is 13.7. The van der Waals surface area contributed by atoms with Gasteiger partial charge in [0.1, 0.15) is 16.6 Å². The minimum atomic E-state index is -0.410. The van der Waals surface area contributed by atoms with E-state index in [-0.39, 0.29) is 16.7 Å². The van der Waals surface area contributed by atoms with Crippen molar-refractivity contribution in [3.05, 3.63) is 29.6 Å². The predicted molar refractivity (Wildman–Crippen MR) is 79.0 cm³/mol. The Labute approximate surface area is 119 Å². The van der Waals surface area contributed by atoms with Crippen LogP contribution in [0, 0.1) is 11.7 Å². The Morgan fingerprint density at radius 2 is 2.05 bits per heavy atom. The van der Waals surface area contributed by atoms with Crippen molar-refractivity contribution >= 4 is 17.2 Å². The van der Waals surface area contributed by atoms with Gasteiger partial charge in [-0.3, -0.25) is 0 Å². The van der Waals surface area contributed by atoms with E-state index in [2.05, 4.69) is 6.92 Å². The third kappa shape index (κ3) is 3.44. The fourth-order valence-corrected chi connectivity index (χ4v) is 2.88. The highest BCUT2D eigenvalue weighted by molar-refractivity contribution is 7.80. The summed E-state index contributed by atoms with van der Waals surface area (Å²) in [6.45, 7) is 2.23. The summed E-state index contributed by atoms with van der Waals surface area (Å²) in [6, 6.07) is 4.73. The van der Waals surface area contributed by atoms with Crippen LogP contribution >= 0.6 is 12.2 Å². The maximum absolute atomic E-state index is 13.7. The Kier molecular flexibility index (Phi) is 4.75. The van der Waals surface area contributed by atoms with Crippen LogP contribution in [0.25, 0.3) is 0 Å². The molecule has 104 valence electrons. The summed E-state index contributed by atoms with van der Waals surface area (Å²) in [6.07, 6.45) is 5.78. The first kappa shape index (κ1) is 14.3. The number of ether oxygens (including phenoxy) is 1. The Morgan fingerprint density at radius 3 is 2.63 bits per heavy atom. The first-order chi connectivity index (χ1) is 9.11. The molecule has 1 aliphatic rings. The third-order valence-corrected chi connectivity index (χ3v) is 4.09. The van der Waals surface area contributed by atoms with E-state index in [1.54, 1.807) is 12.1 Å². The first-order valence-corrected chi connectivity index (χ1v) is 7.27. The Morgan fingerprint density at radius 1 is 1.37 bits per heavy atom. The molecule has 0 unspecified atom stereocenters. The van der Waals surface area contributed by atoms with Gasteiger partial charge in [-0.1, -0.05) is 31.6 Å². The molecule has 0 amide bonds. The van der Waals surface area contributed by atoms with Gasteiger partial charge in [0.15, 0.2) is 0 Å². The number of hydrogen-bond donors (Lipinski definition) is 1. The Bertz CT molecular complexity index is 455.